The van der Waals surface area contributed by atoms with Gasteiger partial charge >= 0.3 is 0 Å². The lowest BCUT2D eigenvalue weighted by molar-refractivity contribution is 0.637. The quantitative estimate of drug-likeness (QED) is 0.895. The topological polar surface area (TPSA) is 43.8 Å². The molecule has 5 heteroatoms. The number of hydrogen-bond acceptors (Lipinski definition) is 3. The zero-order valence-electron chi connectivity index (χ0n) is 9.27. The summed E-state index contributed by atoms with van der Waals surface area (Å²) in [5, 5.41) is 0.419. The van der Waals surface area contributed by atoms with Crippen LogP contribution in [-0.4, -0.2) is 21.1 Å². The first-order valence-corrected chi connectivity index (χ1v) is 6.35. The summed E-state index contributed by atoms with van der Waals surface area (Å²) in [6.07, 6.45) is 2.04. The average molecular weight is 239 g/mol. The summed E-state index contributed by atoms with van der Waals surface area (Å²) in [5.74, 6) is 0.0563. The lowest BCUT2D eigenvalue weighted by atomic mass is 10.3. The van der Waals surface area contributed by atoms with Gasteiger partial charge in [0.25, 0.3) is 0 Å². The molecule has 0 saturated carbocycles. The second-order valence-electron chi connectivity index (χ2n) is 3.73. The number of imidazole rings is 1. The lowest BCUT2D eigenvalue weighted by Crippen LogP contribution is -2.11. The van der Waals surface area contributed by atoms with Crippen LogP contribution in [-0.2, 0) is 6.54 Å². The molecule has 2 aromatic rings. The van der Waals surface area contributed by atoms with Crippen LogP contribution in [0.1, 0.15) is 6.92 Å². The first kappa shape index (κ1) is 11.3. The van der Waals surface area contributed by atoms with Gasteiger partial charge in [0.15, 0.2) is 5.82 Å². The van der Waals surface area contributed by atoms with Crippen LogP contribution in [0.15, 0.2) is 18.2 Å². The molecule has 3 nitrogen and oxygen atoms in total. The Labute approximate surface area is 97.8 Å². The minimum absolute atomic E-state index is 0.320. The number of nitrogens with two attached hydrogens (primary N) is 1. The fourth-order valence-electron chi connectivity index (χ4n) is 1.65. The van der Waals surface area contributed by atoms with Crippen LogP contribution >= 0.6 is 11.8 Å². The van der Waals surface area contributed by atoms with E-state index in [1.165, 1.54) is 6.07 Å². The number of anilines is 1. The Bertz CT molecular complexity index is 509. The normalized spacial score (nSPS) is 13.2. The molecular weight excluding hydrogens is 225 g/mol. The molecule has 1 aromatic carbocycles. The summed E-state index contributed by atoms with van der Waals surface area (Å²) in [6.45, 7) is 2.85. The summed E-state index contributed by atoms with van der Waals surface area (Å²) in [4.78, 5) is 4.06. The summed E-state index contributed by atoms with van der Waals surface area (Å²) in [5.41, 5.74) is 6.92. The maximum atomic E-state index is 13.5. The van der Waals surface area contributed by atoms with E-state index in [4.69, 9.17) is 5.73 Å². The largest absolute Gasteiger partial charge is 0.369 e. The van der Waals surface area contributed by atoms with E-state index in [0.29, 0.717) is 16.7 Å². The highest BCUT2D eigenvalue weighted by molar-refractivity contribution is 7.99. The van der Waals surface area contributed by atoms with Gasteiger partial charge in [-0.25, -0.2) is 9.37 Å². The van der Waals surface area contributed by atoms with Gasteiger partial charge < -0.3 is 10.3 Å². The second-order valence-corrected chi connectivity index (χ2v) is 5.01. The number of para-hydroxylation sites is 1. The highest BCUT2D eigenvalue weighted by Gasteiger charge is 2.12. The SMILES string of the molecule is CSC(C)Cn1c(N)nc2c(F)cccc21. The molecule has 16 heavy (non-hydrogen) atoms. The average Bonchev–Trinajstić information content (AvgIpc) is 2.58. The minimum Gasteiger partial charge on any atom is -0.369 e. The Hall–Kier alpha value is -1.23. The van der Waals surface area contributed by atoms with Crippen molar-refractivity contribution in [2.24, 2.45) is 0 Å². The van der Waals surface area contributed by atoms with Gasteiger partial charge in [0.1, 0.15) is 5.52 Å². The summed E-state index contributed by atoms with van der Waals surface area (Å²) in [6, 6.07) is 4.92. The minimum atomic E-state index is -0.320. The van der Waals surface area contributed by atoms with Gasteiger partial charge in [-0.05, 0) is 18.4 Å². The van der Waals surface area contributed by atoms with Gasteiger partial charge in [0.05, 0.1) is 5.52 Å². The Morgan fingerprint density at radius 1 is 1.56 bits per heavy atom. The number of fused-ring (bicyclic) bond motifs is 1. The third-order valence-corrected chi connectivity index (χ3v) is 3.56. The van der Waals surface area contributed by atoms with Gasteiger partial charge in [0, 0.05) is 11.8 Å². The fourth-order valence-corrected chi connectivity index (χ4v) is 1.95. The molecule has 0 saturated heterocycles. The molecule has 1 unspecified atom stereocenters. The van der Waals surface area contributed by atoms with Gasteiger partial charge in [-0.1, -0.05) is 13.0 Å². The number of halogens is 1. The standard InChI is InChI=1S/C11H14FN3S/c1-7(16-2)6-15-9-5-3-4-8(12)10(9)14-11(15)13/h3-5,7H,6H2,1-2H3,(H2,13,14). The maximum Gasteiger partial charge on any atom is 0.201 e. The zero-order valence-corrected chi connectivity index (χ0v) is 10.1. The van der Waals surface area contributed by atoms with Gasteiger partial charge in [-0.3, -0.25) is 0 Å². The van der Waals surface area contributed by atoms with E-state index in [9.17, 15) is 4.39 Å². The van der Waals surface area contributed by atoms with Crippen molar-refractivity contribution in [3.05, 3.63) is 24.0 Å². The molecular formula is C11H14FN3S. The molecule has 2 N–H and O–H groups in total. The van der Waals surface area contributed by atoms with E-state index in [-0.39, 0.29) is 5.82 Å². The van der Waals surface area contributed by atoms with Crippen LogP contribution in [0.2, 0.25) is 0 Å². The third-order valence-electron chi connectivity index (χ3n) is 2.60. The Morgan fingerprint density at radius 3 is 3.00 bits per heavy atom. The van der Waals surface area contributed by atoms with Gasteiger partial charge in [-0.2, -0.15) is 11.8 Å². The van der Waals surface area contributed by atoms with Crippen LogP contribution in [0, 0.1) is 5.82 Å². The van der Waals surface area contributed by atoms with Gasteiger partial charge in [-0.15, -0.1) is 0 Å². The Balaban J connectivity index is 2.52. The van der Waals surface area contributed by atoms with Crippen molar-refractivity contribution in [2.75, 3.05) is 12.0 Å². The van der Waals surface area contributed by atoms with Crippen molar-refractivity contribution >= 4 is 28.7 Å². The van der Waals surface area contributed by atoms with Crippen molar-refractivity contribution in [1.29, 1.82) is 0 Å². The smallest absolute Gasteiger partial charge is 0.201 e. The highest BCUT2D eigenvalue weighted by atomic mass is 32.2. The van der Waals surface area contributed by atoms with E-state index in [1.807, 2.05) is 16.9 Å². The molecule has 0 fully saturated rings. The van der Waals surface area contributed by atoms with Crippen molar-refractivity contribution in [3.63, 3.8) is 0 Å². The zero-order chi connectivity index (χ0) is 11.7. The van der Waals surface area contributed by atoms with E-state index in [1.54, 1.807) is 17.8 Å². The first-order valence-electron chi connectivity index (χ1n) is 5.06. The van der Waals surface area contributed by atoms with Crippen LogP contribution < -0.4 is 5.73 Å². The van der Waals surface area contributed by atoms with Gasteiger partial charge in [0.2, 0.25) is 5.95 Å². The van der Waals surface area contributed by atoms with E-state index in [2.05, 4.69) is 11.9 Å². The molecule has 0 bridgehead atoms. The lowest BCUT2D eigenvalue weighted by Gasteiger charge is -2.11. The van der Waals surface area contributed by atoms with E-state index >= 15 is 0 Å². The first-order chi connectivity index (χ1) is 7.63. The predicted octanol–water partition coefficient (Wildman–Crippen LogP) is 2.51. The summed E-state index contributed by atoms with van der Waals surface area (Å²) in [7, 11) is 0. The monoisotopic (exact) mass is 239 g/mol. The van der Waals surface area contributed by atoms with Crippen molar-refractivity contribution < 1.29 is 4.39 Å². The molecule has 0 radical (unpaired) electrons. The molecule has 1 atom stereocenters. The van der Waals surface area contributed by atoms with Crippen LogP contribution in [0.25, 0.3) is 11.0 Å². The molecule has 86 valence electrons. The molecule has 2 rings (SSSR count). The van der Waals surface area contributed by atoms with Crippen LogP contribution in [0.3, 0.4) is 0 Å². The summed E-state index contributed by atoms with van der Waals surface area (Å²) >= 11 is 1.75. The second kappa shape index (κ2) is 4.33. The molecule has 1 heterocycles. The van der Waals surface area contributed by atoms with Crippen molar-refractivity contribution in [3.8, 4) is 0 Å². The third kappa shape index (κ3) is 1.87. The predicted molar refractivity (Wildman–Crippen MR) is 67.1 cm³/mol. The van der Waals surface area contributed by atoms with E-state index < -0.39 is 0 Å². The highest BCUT2D eigenvalue weighted by Crippen LogP contribution is 2.22. The Kier molecular flexibility index (Phi) is 3.05. The molecule has 0 amide bonds. The molecule has 0 aliphatic carbocycles. The van der Waals surface area contributed by atoms with Crippen molar-refractivity contribution in [2.45, 2.75) is 18.7 Å². The Morgan fingerprint density at radius 2 is 2.31 bits per heavy atom. The fraction of sp³-hybridized carbons (Fsp3) is 0.364. The number of rotatable bonds is 3. The molecule has 0 aliphatic heterocycles. The summed E-state index contributed by atoms with van der Waals surface area (Å²) < 4.78 is 15.3. The maximum absolute atomic E-state index is 13.5. The molecule has 0 spiro atoms. The number of nitrogens with zero attached hydrogens (tertiary/aromatic N) is 2. The number of nitrogen functional groups attached to an aromatic ring is 1. The molecule has 0 aliphatic rings. The number of aromatic nitrogens is 2. The number of hydrogen-bond donors (Lipinski definition) is 1. The molecule has 1 aromatic heterocycles. The van der Waals surface area contributed by atoms with Crippen molar-refractivity contribution in [1.82, 2.24) is 9.55 Å². The number of thioether (sulfide) groups is 1. The van der Waals surface area contributed by atoms with Crippen LogP contribution in [0.4, 0.5) is 10.3 Å². The number of benzene rings is 1. The van der Waals surface area contributed by atoms with Crippen LogP contribution in [0.5, 0.6) is 0 Å². The van der Waals surface area contributed by atoms with E-state index in [0.717, 1.165) is 12.1 Å².